The van der Waals surface area contributed by atoms with Crippen LogP contribution in [0.4, 0.5) is 5.13 Å². The largest absolute Gasteiger partial charge is 0.489 e. The lowest BCUT2D eigenvalue weighted by Crippen LogP contribution is -2.07. The number of halogens is 1. The van der Waals surface area contributed by atoms with Crippen molar-refractivity contribution in [3.05, 3.63) is 105 Å². The first-order valence-corrected chi connectivity index (χ1v) is 11.7. The summed E-state index contributed by atoms with van der Waals surface area (Å²) in [7, 11) is 0. The van der Waals surface area contributed by atoms with E-state index in [0.29, 0.717) is 11.7 Å². The Morgan fingerprint density at radius 3 is 2.62 bits per heavy atom. The summed E-state index contributed by atoms with van der Waals surface area (Å²) in [4.78, 5) is 16.8. The summed E-state index contributed by atoms with van der Waals surface area (Å²) in [5.41, 5.74) is 5.10. The molecule has 0 radical (unpaired) electrons. The molecule has 0 spiro atoms. The molecule has 0 aliphatic heterocycles. The molecule has 1 N–H and O–H groups in total. The Kier molecular flexibility index (Phi) is 7.14. The van der Waals surface area contributed by atoms with Gasteiger partial charge in [-0.05, 0) is 48.4 Å². The third-order valence-corrected chi connectivity index (χ3v) is 5.94. The van der Waals surface area contributed by atoms with Crippen molar-refractivity contribution in [1.29, 1.82) is 0 Å². The lowest BCUT2D eigenvalue weighted by Gasteiger charge is -2.07. The van der Waals surface area contributed by atoms with E-state index in [9.17, 15) is 4.79 Å². The molecule has 32 heavy (non-hydrogen) atoms. The first-order chi connectivity index (χ1) is 15.5. The number of carbonyl (C=O) groups is 1. The molecule has 160 valence electrons. The van der Waals surface area contributed by atoms with Crippen LogP contribution in [0.1, 0.15) is 16.7 Å². The smallest absolute Gasteiger partial charge is 0.250 e. The maximum atomic E-state index is 12.3. The molecule has 1 aromatic heterocycles. The van der Waals surface area contributed by atoms with Crippen molar-refractivity contribution in [2.75, 3.05) is 5.32 Å². The van der Waals surface area contributed by atoms with Gasteiger partial charge in [0.25, 0.3) is 0 Å². The van der Waals surface area contributed by atoms with Crippen molar-refractivity contribution in [2.45, 2.75) is 13.5 Å². The Labute approximate surface area is 199 Å². The Bertz CT molecular complexity index is 1230. The van der Waals surface area contributed by atoms with Gasteiger partial charge in [0.2, 0.25) is 5.91 Å². The van der Waals surface area contributed by atoms with E-state index in [-0.39, 0.29) is 5.91 Å². The predicted octanol–water partition coefficient (Wildman–Crippen LogP) is 7.11. The topological polar surface area (TPSA) is 51.2 Å². The monoisotopic (exact) mass is 504 g/mol. The number of nitrogens with one attached hydrogen (secondary N) is 1. The lowest BCUT2D eigenvalue weighted by molar-refractivity contribution is -0.111. The molecular formula is C26H21BrN2O2S. The van der Waals surface area contributed by atoms with E-state index in [1.807, 2.05) is 53.9 Å². The minimum Gasteiger partial charge on any atom is -0.489 e. The zero-order valence-corrected chi connectivity index (χ0v) is 19.8. The number of carbonyl (C=O) groups excluding carboxylic acids is 1. The van der Waals surface area contributed by atoms with Gasteiger partial charge in [0.15, 0.2) is 5.13 Å². The fourth-order valence-electron chi connectivity index (χ4n) is 2.96. The molecule has 4 rings (SSSR count). The second kappa shape index (κ2) is 10.4. The Hall–Kier alpha value is -3.22. The third-order valence-electron chi connectivity index (χ3n) is 4.69. The van der Waals surface area contributed by atoms with Crippen LogP contribution in [0.3, 0.4) is 0 Å². The van der Waals surface area contributed by atoms with Crippen LogP contribution in [0, 0.1) is 6.92 Å². The second-order valence-electron chi connectivity index (χ2n) is 7.21. The minimum atomic E-state index is -0.222. The highest BCUT2D eigenvalue weighted by Crippen LogP contribution is 2.27. The quantitative estimate of drug-likeness (QED) is 0.272. The summed E-state index contributed by atoms with van der Waals surface area (Å²) in [6.45, 7) is 2.59. The molecule has 0 unspecified atom stereocenters. The SMILES string of the molecule is Cc1ccc(COc2ccc(C=CC(=O)Nc3nc(-c4cccc(Br)c4)cs3)cc2)cc1. The van der Waals surface area contributed by atoms with Crippen molar-refractivity contribution in [1.82, 2.24) is 4.98 Å². The Morgan fingerprint density at radius 2 is 1.88 bits per heavy atom. The third kappa shape index (κ3) is 6.15. The summed E-state index contributed by atoms with van der Waals surface area (Å²) in [5.74, 6) is 0.565. The first-order valence-electron chi connectivity index (χ1n) is 10.0. The van der Waals surface area contributed by atoms with Gasteiger partial charge < -0.3 is 4.74 Å². The summed E-state index contributed by atoms with van der Waals surface area (Å²) in [6.07, 6.45) is 3.27. The molecule has 0 saturated heterocycles. The van der Waals surface area contributed by atoms with Gasteiger partial charge in [0, 0.05) is 21.5 Å². The molecule has 0 saturated carbocycles. The van der Waals surface area contributed by atoms with Gasteiger partial charge in [0.05, 0.1) is 5.69 Å². The Morgan fingerprint density at radius 1 is 1.09 bits per heavy atom. The highest BCUT2D eigenvalue weighted by Gasteiger charge is 2.07. The number of anilines is 1. The number of hydrogen-bond donors (Lipinski definition) is 1. The molecule has 1 amide bonds. The highest BCUT2D eigenvalue weighted by atomic mass is 79.9. The van der Waals surface area contributed by atoms with Crippen LogP contribution >= 0.6 is 27.3 Å². The van der Waals surface area contributed by atoms with E-state index in [0.717, 1.165) is 32.6 Å². The number of nitrogens with zero attached hydrogens (tertiary/aromatic N) is 1. The Balaban J connectivity index is 1.30. The van der Waals surface area contributed by atoms with E-state index in [1.54, 1.807) is 6.08 Å². The van der Waals surface area contributed by atoms with Crippen LogP contribution in [0.5, 0.6) is 5.75 Å². The van der Waals surface area contributed by atoms with Gasteiger partial charge in [-0.25, -0.2) is 4.98 Å². The fourth-order valence-corrected chi connectivity index (χ4v) is 4.08. The molecule has 0 atom stereocenters. The van der Waals surface area contributed by atoms with E-state index in [1.165, 1.54) is 23.0 Å². The summed E-state index contributed by atoms with van der Waals surface area (Å²) in [5, 5.41) is 5.31. The van der Waals surface area contributed by atoms with Crippen molar-refractivity contribution in [3.8, 4) is 17.0 Å². The number of aryl methyl sites for hydroxylation is 1. The first kappa shape index (κ1) is 22.0. The lowest BCUT2D eigenvalue weighted by atomic mass is 10.1. The zero-order valence-electron chi connectivity index (χ0n) is 17.4. The van der Waals surface area contributed by atoms with Crippen molar-refractivity contribution in [2.24, 2.45) is 0 Å². The molecule has 1 heterocycles. The molecule has 0 bridgehead atoms. The second-order valence-corrected chi connectivity index (χ2v) is 8.99. The van der Waals surface area contributed by atoms with Crippen molar-refractivity contribution in [3.63, 3.8) is 0 Å². The van der Waals surface area contributed by atoms with Crippen LogP contribution in [-0.2, 0) is 11.4 Å². The number of rotatable bonds is 7. The average molecular weight is 505 g/mol. The van der Waals surface area contributed by atoms with Gasteiger partial charge >= 0.3 is 0 Å². The predicted molar refractivity (Wildman–Crippen MR) is 135 cm³/mol. The standard InChI is InChI=1S/C26H21BrN2O2S/c1-18-5-7-20(8-6-18)16-31-23-12-9-19(10-13-23)11-14-25(30)29-26-28-24(17-32-26)21-3-2-4-22(27)15-21/h2-15,17H,16H2,1H3,(H,28,29,30). The molecule has 4 aromatic rings. The number of thiazole rings is 1. The van der Waals surface area contributed by atoms with E-state index in [4.69, 9.17) is 4.74 Å². The van der Waals surface area contributed by atoms with Crippen molar-refractivity contribution >= 4 is 44.4 Å². The van der Waals surface area contributed by atoms with Gasteiger partial charge in [-0.15, -0.1) is 11.3 Å². The molecule has 0 aliphatic rings. The molecular weight excluding hydrogens is 484 g/mol. The molecule has 0 aliphatic carbocycles. The summed E-state index contributed by atoms with van der Waals surface area (Å²) in [6, 6.07) is 23.8. The van der Waals surface area contributed by atoms with Gasteiger partial charge in [0.1, 0.15) is 12.4 Å². The molecule has 4 nitrogen and oxygen atoms in total. The van der Waals surface area contributed by atoms with Gasteiger partial charge in [-0.2, -0.15) is 0 Å². The summed E-state index contributed by atoms with van der Waals surface area (Å²) >= 11 is 4.86. The van der Waals surface area contributed by atoms with Gasteiger partial charge in [-0.1, -0.05) is 70.0 Å². The maximum Gasteiger partial charge on any atom is 0.250 e. The maximum absolute atomic E-state index is 12.3. The van der Waals surface area contributed by atoms with E-state index >= 15 is 0 Å². The van der Waals surface area contributed by atoms with Crippen LogP contribution in [0.25, 0.3) is 17.3 Å². The summed E-state index contributed by atoms with van der Waals surface area (Å²) < 4.78 is 6.81. The fraction of sp³-hybridized carbons (Fsp3) is 0.0769. The van der Waals surface area contributed by atoms with Crippen LogP contribution in [0.15, 0.2) is 88.7 Å². The van der Waals surface area contributed by atoms with E-state index in [2.05, 4.69) is 57.4 Å². The molecule has 0 fully saturated rings. The number of aromatic nitrogens is 1. The molecule has 3 aromatic carbocycles. The number of ether oxygens (including phenoxy) is 1. The normalized spacial score (nSPS) is 10.9. The van der Waals surface area contributed by atoms with Crippen LogP contribution < -0.4 is 10.1 Å². The molecule has 6 heteroatoms. The zero-order chi connectivity index (χ0) is 22.3. The highest BCUT2D eigenvalue weighted by molar-refractivity contribution is 9.10. The average Bonchev–Trinajstić information content (AvgIpc) is 3.26. The van der Waals surface area contributed by atoms with E-state index < -0.39 is 0 Å². The number of hydrogen-bond acceptors (Lipinski definition) is 4. The number of benzene rings is 3. The number of amides is 1. The minimum absolute atomic E-state index is 0.222. The van der Waals surface area contributed by atoms with Crippen LogP contribution in [-0.4, -0.2) is 10.9 Å². The van der Waals surface area contributed by atoms with Crippen molar-refractivity contribution < 1.29 is 9.53 Å². The van der Waals surface area contributed by atoms with Crippen LogP contribution in [0.2, 0.25) is 0 Å². The van der Waals surface area contributed by atoms with Gasteiger partial charge in [-0.3, -0.25) is 10.1 Å².